The summed E-state index contributed by atoms with van der Waals surface area (Å²) in [4.78, 5) is 47.1. The second-order valence-corrected chi connectivity index (χ2v) is 25.9. The number of carbonyl (C=O) groups is 3. The lowest BCUT2D eigenvalue weighted by Crippen LogP contribution is -2.68. The van der Waals surface area contributed by atoms with E-state index in [4.69, 9.17) is 83.2 Å². The highest BCUT2D eigenvalue weighted by Crippen LogP contribution is 2.60. The third-order valence-electron chi connectivity index (χ3n) is 18.9. The average Bonchev–Trinajstić information content (AvgIpc) is 0.844. The molecule has 0 saturated carbocycles. The largest absolute Gasteiger partial charge is 0.514 e. The molecule has 88 heavy (non-hydrogen) atoms. The zero-order valence-electron chi connectivity index (χ0n) is 50.0. The van der Waals surface area contributed by atoms with E-state index in [-0.39, 0.29) is 88.0 Å². The Kier molecular flexibility index (Phi) is 17.1. The van der Waals surface area contributed by atoms with Gasteiger partial charge in [-0.1, -0.05) is 72.2 Å². The first kappa shape index (κ1) is 62.2. The normalized spacial score (nSPS) is 25.0. The van der Waals surface area contributed by atoms with E-state index in [1.807, 2.05) is 48.7 Å². The molecule has 8 heterocycles. The van der Waals surface area contributed by atoms with Crippen LogP contribution in [0.15, 0.2) is 37.4 Å². The number of aromatic hydroxyl groups is 2. The van der Waals surface area contributed by atoms with E-state index in [1.165, 1.54) is 12.2 Å². The number of nitrogens with one attached hydrogen (secondary N) is 1. The van der Waals surface area contributed by atoms with Crippen LogP contribution in [0.4, 0.5) is 14.4 Å². The van der Waals surface area contributed by atoms with Gasteiger partial charge in [0.15, 0.2) is 23.0 Å². The van der Waals surface area contributed by atoms with Gasteiger partial charge in [-0.2, -0.15) is 10.5 Å². The average molecular weight is 1270 g/mol. The Hall–Kier alpha value is -7.38. The topological polar surface area (TPSA) is 273 Å². The zero-order valence-corrected chi connectivity index (χ0v) is 52.2. The van der Waals surface area contributed by atoms with Crippen molar-refractivity contribution in [1.29, 1.82) is 10.5 Å². The van der Waals surface area contributed by atoms with Gasteiger partial charge in [0, 0.05) is 81.8 Å². The molecular weight excluding hydrogens is 1200 g/mol. The molecule has 4 aromatic carbocycles. The van der Waals surface area contributed by atoms with E-state index in [0.717, 1.165) is 55.6 Å². The minimum Gasteiger partial charge on any atom is -0.507 e. The number of piperazine rings is 2. The van der Waals surface area contributed by atoms with Crippen LogP contribution in [0.3, 0.4) is 0 Å². The summed E-state index contributed by atoms with van der Waals surface area (Å²) in [5.74, 6) is 2.95. The fourth-order valence-corrected chi connectivity index (χ4v) is 15.1. The van der Waals surface area contributed by atoms with E-state index in [9.17, 15) is 35.1 Å². The van der Waals surface area contributed by atoms with Crippen LogP contribution in [0.2, 0.25) is 0 Å². The molecule has 2 saturated heterocycles. The molecule has 25 heteroatoms. The van der Waals surface area contributed by atoms with Crippen molar-refractivity contribution >= 4 is 53.2 Å². The van der Waals surface area contributed by atoms with Crippen molar-refractivity contribution in [3.05, 3.63) is 115 Å². The number of fused-ring (bicyclic) bond motifs is 18. The number of nitrogens with zero attached hydrogens (tertiary/aromatic N) is 6. The molecule has 12 rings (SSSR count). The van der Waals surface area contributed by atoms with Crippen LogP contribution in [0, 0.1) is 64.2 Å². The summed E-state index contributed by atoms with van der Waals surface area (Å²) in [7, 11) is 3.98. The van der Waals surface area contributed by atoms with Crippen molar-refractivity contribution in [2.45, 2.75) is 131 Å². The molecule has 8 aliphatic heterocycles. The van der Waals surface area contributed by atoms with Crippen LogP contribution in [0.5, 0.6) is 46.0 Å². The van der Waals surface area contributed by atoms with Crippen molar-refractivity contribution in [2.75, 3.05) is 60.6 Å². The highest BCUT2D eigenvalue weighted by atomic mass is 35.6. The number of carbonyl (C=O) groups excluding carboxylic acids is 3. The maximum atomic E-state index is 12.9. The maximum Gasteiger partial charge on any atom is 0.514 e. The van der Waals surface area contributed by atoms with Gasteiger partial charge in [-0.05, 0) is 115 Å². The number of likely N-dealkylation sites (N-methyl/N-ethyl adjacent to an activating group) is 2. The van der Waals surface area contributed by atoms with Gasteiger partial charge in [0.05, 0.1) is 36.3 Å². The minimum atomic E-state index is -1.82. The highest BCUT2D eigenvalue weighted by molar-refractivity contribution is 6.67. The third kappa shape index (κ3) is 10.4. The van der Waals surface area contributed by atoms with Gasteiger partial charge in [0.25, 0.3) is 0 Å². The number of benzene rings is 4. The van der Waals surface area contributed by atoms with Gasteiger partial charge in [0.1, 0.15) is 54.9 Å². The van der Waals surface area contributed by atoms with Gasteiger partial charge in [0.2, 0.25) is 17.4 Å². The summed E-state index contributed by atoms with van der Waals surface area (Å²) in [6, 6.07) is 5.48. The standard InChI is InChI=1S/C33H35Cl3N4O8.C30H34N4O6/c1-6-7-44-32(43)48-28-17(4)29-30(47-14-46-29)25-19(28)10-21-26-24-18(8-15(2)16(3)27(24)41)9-20(39(26)5)22(11-37)40(21)23(25)12-38-31(42)45-13-33(34,35)36;1-6-7-37-30(36)40-27-16(4)28-29(39-13-38-28)24-18(27)10-20-25-23-17(8-14(2)15(3)26(23)35)9-19(33(25)5)21(11-31)34(20)22(24)12-32/h6,8,20-23,26,41H,1,7,9-10,12-14H2,2-5H3,(H,38,42);6,8,19-22,25,35H,1,7,9-10,12-13,32H2,2-5H3/t20-,21?,22-,23-,26-;19-,20?,21-,22-,25-/m00/s1. The smallest absolute Gasteiger partial charge is 0.507 e. The van der Waals surface area contributed by atoms with E-state index in [0.29, 0.717) is 76.0 Å². The number of nitriles is 2. The Morgan fingerprint density at radius 3 is 1.49 bits per heavy atom. The molecule has 8 aliphatic rings. The number of alkyl halides is 3. The number of phenols is 2. The van der Waals surface area contributed by atoms with Crippen LogP contribution >= 0.6 is 34.8 Å². The first-order chi connectivity index (χ1) is 42.0. The molecular formula is C63H69Cl3N8O14. The summed E-state index contributed by atoms with van der Waals surface area (Å²) < 4.78 is 49.1. The number of ether oxygens (including phenoxy) is 9. The number of nitrogens with two attached hydrogens (primary N) is 1. The predicted octanol–water partition coefficient (Wildman–Crippen LogP) is 9.09. The maximum absolute atomic E-state index is 12.9. The summed E-state index contributed by atoms with van der Waals surface area (Å²) in [6.07, 6.45) is 2.15. The van der Waals surface area contributed by atoms with Crippen molar-refractivity contribution in [3.63, 3.8) is 0 Å². The molecule has 4 aromatic rings. The molecule has 0 spiro atoms. The zero-order chi connectivity index (χ0) is 63.1. The second kappa shape index (κ2) is 24.2. The van der Waals surface area contributed by atoms with Crippen LogP contribution < -0.4 is 39.5 Å². The monoisotopic (exact) mass is 1270 g/mol. The van der Waals surface area contributed by atoms with Gasteiger partial charge in [-0.25, -0.2) is 14.4 Å². The van der Waals surface area contributed by atoms with Gasteiger partial charge in [-0.3, -0.25) is 19.6 Å². The SMILES string of the molecule is C=CCOC(=O)Oc1c(C)c2c(c3c1CC1[C@H]4c5c(cc(C)c(C)c5O)C[C@@H]([C@H](C#N)N1[C@H]3CN)N4C)OCO2.C=CCOC(=O)Oc1c(C)c2c(c3c1CC1[C@H]4c5c(cc(C)c(C)c5O)C[C@@H]([C@H](C#N)N1[C@H]3CNC(=O)OCC(Cl)(Cl)Cl)N4C)OCO2. The Morgan fingerprint density at radius 2 is 1.08 bits per heavy atom. The van der Waals surface area contributed by atoms with Crippen molar-refractivity contribution in [3.8, 4) is 58.1 Å². The van der Waals surface area contributed by atoms with Crippen LogP contribution in [0.25, 0.3) is 0 Å². The number of rotatable bonds is 10. The number of hydrogen-bond donors (Lipinski definition) is 4. The number of alkyl carbamates (subject to hydrolysis) is 1. The predicted molar refractivity (Wildman–Crippen MR) is 322 cm³/mol. The molecule has 0 radical (unpaired) electrons. The van der Waals surface area contributed by atoms with Crippen LogP contribution in [-0.2, 0) is 39.9 Å². The molecule has 0 aromatic heterocycles. The van der Waals surface area contributed by atoms with Crippen molar-refractivity contribution in [1.82, 2.24) is 24.9 Å². The lowest BCUT2D eigenvalue weighted by molar-refractivity contribution is -0.0722. The Labute approximate surface area is 524 Å². The molecule has 0 aliphatic carbocycles. The number of aryl methyl sites for hydroxylation is 2. The molecule has 4 bridgehead atoms. The molecule has 2 unspecified atom stereocenters. The number of phenolic OH excluding ortho intramolecular Hbond substituents is 2. The molecule has 5 N–H and O–H groups in total. The fraction of sp³-hybridized carbons (Fsp3) is 0.476. The van der Waals surface area contributed by atoms with E-state index < -0.39 is 59.0 Å². The second-order valence-electron chi connectivity index (χ2n) is 23.4. The van der Waals surface area contributed by atoms with Gasteiger partial charge < -0.3 is 63.9 Å². The fourth-order valence-electron chi connectivity index (χ4n) is 15.0. The van der Waals surface area contributed by atoms with E-state index >= 15 is 0 Å². The number of amides is 1. The van der Waals surface area contributed by atoms with Crippen molar-refractivity contribution in [2.24, 2.45) is 5.73 Å². The van der Waals surface area contributed by atoms with E-state index in [1.54, 1.807) is 6.92 Å². The lowest BCUT2D eigenvalue weighted by Gasteiger charge is -2.60. The molecule has 1 amide bonds. The van der Waals surface area contributed by atoms with Crippen LogP contribution in [0.1, 0.15) is 102 Å². The first-order valence-electron chi connectivity index (χ1n) is 28.9. The third-order valence-corrected chi connectivity index (χ3v) is 19.2. The number of hydrogen-bond acceptors (Lipinski definition) is 21. The number of halogens is 3. The van der Waals surface area contributed by atoms with Gasteiger partial charge >= 0.3 is 18.4 Å². The molecule has 10 atom stereocenters. The van der Waals surface area contributed by atoms with Crippen LogP contribution in [-0.4, -0.2) is 149 Å². The van der Waals surface area contributed by atoms with Crippen molar-refractivity contribution < 1.29 is 67.2 Å². The quantitative estimate of drug-likeness (QED) is 0.0379. The Bertz CT molecular complexity index is 3660. The lowest BCUT2D eigenvalue weighted by atomic mass is 9.71. The first-order valence-corrected chi connectivity index (χ1v) is 30.0. The summed E-state index contributed by atoms with van der Waals surface area (Å²) in [5, 5.41) is 47.2. The summed E-state index contributed by atoms with van der Waals surface area (Å²) >= 11 is 17.4. The molecule has 2 fully saturated rings. The minimum absolute atomic E-state index is 0.0133. The Balaban J connectivity index is 0.000000185. The molecule has 22 nitrogen and oxygen atoms in total. The Morgan fingerprint density at radius 1 is 0.659 bits per heavy atom. The van der Waals surface area contributed by atoms with E-state index in [2.05, 4.69) is 62.3 Å². The summed E-state index contributed by atoms with van der Waals surface area (Å²) in [6.45, 7) is 18.1. The van der Waals surface area contributed by atoms with Gasteiger partial charge in [-0.15, -0.1) is 0 Å². The highest BCUT2D eigenvalue weighted by Gasteiger charge is 2.59. The summed E-state index contributed by atoms with van der Waals surface area (Å²) in [5.41, 5.74) is 17.7. The molecule has 466 valence electrons.